The zero-order valence-corrected chi connectivity index (χ0v) is 13.2. The maximum Gasteiger partial charge on any atom is 0.329 e. The molecule has 4 N–H and O–H groups in total. The number of carboxylic acids is 1. The number of carbonyl (C=O) groups is 2. The van der Waals surface area contributed by atoms with Crippen molar-refractivity contribution in [2.75, 3.05) is 30.9 Å². The first-order valence-electron chi connectivity index (χ1n) is 6.62. The van der Waals surface area contributed by atoms with Crippen molar-refractivity contribution >= 4 is 35.0 Å². The van der Waals surface area contributed by atoms with E-state index in [0.717, 1.165) is 17.8 Å². The summed E-state index contributed by atoms with van der Waals surface area (Å²) in [5, 5.41) is 39.8. The summed E-state index contributed by atoms with van der Waals surface area (Å²) in [6, 6.07) is 3.86. The van der Waals surface area contributed by atoms with E-state index in [4.69, 9.17) is 10.2 Å². The summed E-state index contributed by atoms with van der Waals surface area (Å²) in [6.07, 6.45) is -0.975. The van der Waals surface area contributed by atoms with Crippen molar-refractivity contribution in [1.29, 1.82) is 0 Å². The second-order valence-corrected chi connectivity index (χ2v) is 5.65. The van der Waals surface area contributed by atoms with Crippen molar-refractivity contribution in [3.63, 3.8) is 0 Å². The van der Waals surface area contributed by atoms with Crippen LogP contribution in [0.25, 0.3) is 0 Å². The molecule has 0 aliphatic rings. The number of rotatable bonds is 10. The molecule has 10 nitrogen and oxygen atoms in total. The van der Waals surface area contributed by atoms with Gasteiger partial charge in [0.05, 0.1) is 17.6 Å². The zero-order chi connectivity index (χ0) is 18.1. The third-order valence-electron chi connectivity index (χ3n) is 2.50. The van der Waals surface area contributed by atoms with E-state index < -0.39 is 42.7 Å². The van der Waals surface area contributed by atoms with Gasteiger partial charge in [-0.1, -0.05) is 0 Å². The quantitative estimate of drug-likeness (QED) is 0.257. The zero-order valence-electron chi connectivity index (χ0n) is 12.4. The summed E-state index contributed by atoms with van der Waals surface area (Å²) >= 11 is 1.07. The van der Waals surface area contributed by atoms with Crippen molar-refractivity contribution in [3.8, 4) is 0 Å². The third kappa shape index (κ3) is 7.37. The molecule has 24 heavy (non-hydrogen) atoms. The average Bonchev–Trinajstić information content (AvgIpc) is 2.51. The monoisotopic (exact) mass is 360 g/mol. The van der Waals surface area contributed by atoms with E-state index in [9.17, 15) is 24.8 Å². The Bertz CT molecular complexity index is 610. The Morgan fingerprint density at radius 3 is 2.62 bits per heavy atom. The van der Waals surface area contributed by atoms with Crippen LogP contribution in [0.15, 0.2) is 23.1 Å². The van der Waals surface area contributed by atoms with Gasteiger partial charge in [-0.05, 0) is 6.07 Å². The van der Waals surface area contributed by atoms with E-state index in [1.54, 1.807) is 0 Å². The van der Waals surface area contributed by atoms with E-state index in [2.05, 4.69) is 10.1 Å². The molecule has 0 aliphatic heterocycles. The molecule has 0 aromatic heterocycles. The van der Waals surface area contributed by atoms with Crippen molar-refractivity contribution in [2.45, 2.75) is 11.0 Å². The molecule has 0 saturated carbocycles. The van der Waals surface area contributed by atoms with E-state index in [1.807, 2.05) is 0 Å². The topological polar surface area (TPSA) is 159 Å². The van der Waals surface area contributed by atoms with Crippen LogP contribution in [0, 0.1) is 10.1 Å². The summed E-state index contributed by atoms with van der Waals surface area (Å²) in [5.41, 5.74) is -0.130. The number of nitro benzene ring substituents is 1. The minimum absolute atomic E-state index is 0.118. The highest BCUT2D eigenvalue weighted by molar-refractivity contribution is 7.99. The first-order valence-corrected chi connectivity index (χ1v) is 7.61. The SMILES string of the molecule is O=C(O)COCC(=O)Nc1cc(SCC(O)CO)cc([N+](=O)[O-])c1. The number of nitro groups is 1. The van der Waals surface area contributed by atoms with Gasteiger partial charge in [0.25, 0.3) is 5.69 Å². The molecule has 1 rings (SSSR count). The lowest BCUT2D eigenvalue weighted by atomic mass is 10.3. The fourth-order valence-electron chi connectivity index (χ4n) is 1.52. The van der Waals surface area contributed by atoms with Gasteiger partial charge in [-0.3, -0.25) is 14.9 Å². The van der Waals surface area contributed by atoms with Gasteiger partial charge in [0, 0.05) is 28.5 Å². The molecule has 132 valence electrons. The standard InChI is InChI=1S/C13H16N2O8S/c16-4-10(17)7-24-11-2-8(1-9(3-11)15(21)22)14-12(18)5-23-6-13(19)20/h1-3,10,16-17H,4-7H2,(H,14,18)(H,19,20). The highest BCUT2D eigenvalue weighted by Gasteiger charge is 2.13. The molecule has 1 aromatic carbocycles. The van der Waals surface area contributed by atoms with Gasteiger partial charge in [-0.15, -0.1) is 11.8 Å². The summed E-state index contributed by atoms with van der Waals surface area (Å²) < 4.78 is 4.62. The summed E-state index contributed by atoms with van der Waals surface area (Å²) in [7, 11) is 0. The van der Waals surface area contributed by atoms with Gasteiger partial charge in [0.1, 0.15) is 13.2 Å². The summed E-state index contributed by atoms with van der Waals surface area (Å²) in [4.78, 5) is 32.6. The van der Waals surface area contributed by atoms with Crippen molar-refractivity contribution < 1.29 is 34.6 Å². The Labute approximate surface area is 140 Å². The smallest absolute Gasteiger partial charge is 0.329 e. The Morgan fingerprint density at radius 1 is 1.33 bits per heavy atom. The molecule has 1 amide bonds. The highest BCUT2D eigenvalue weighted by Crippen LogP contribution is 2.28. The first-order chi connectivity index (χ1) is 11.3. The van der Waals surface area contributed by atoms with Gasteiger partial charge in [0.15, 0.2) is 0 Å². The normalized spacial score (nSPS) is 11.8. The number of non-ortho nitro benzene ring substituents is 1. The predicted octanol–water partition coefficient (Wildman–Crippen LogP) is 0.0798. The van der Waals surface area contributed by atoms with E-state index in [1.165, 1.54) is 12.1 Å². The molecular formula is C13H16N2O8S. The second kappa shape index (κ2) is 9.82. The fourth-order valence-corrected chi connectivity index (χ4v) is 2.42. The number of carbonyl (C=O) groups excluding carboxylic acids is 1. The van der Waals surface area contributed by atoms with Crippen LogP contribution in [0.1, 0.15) is 0 Å². The lowest BCUT2D eigenvalue weighted by molar-refractivity contribution is -0.385. The maximum absolute atomic E-state index is 11.6. The predicted molar refractivity (Wildman–Crippen MR) is 84.0 cm³/mol. The number of aliphatic hydroxyl groups is 2. The molecule has 0 radical (unpaired) electrons. The Balaban J connectivity index is 2.77. The molecule has 1 aromatic rings. The molecule has 0 aliphatic carbocycles. The van der Waals surface area contributed by atoms with Crippen LogP contribution < -0.4 is 5.32 Å². The van der Waals surface area contributed by atoms with Crippen LogP contribution in [0.2, 0.25) is 0 Å². The summed E-state index contributed by atoms with van der Waals surface area (Å²) in [5.74, 6) is -1.77. The Hall–Kier alpha value is -2.21. The van der Waals surface area contributed by atoms with Crippen LogP contribution in [0.5, 0.6) is 0 Å². The Morgan fingerprint density at radius 2 is 2.04 bits per heavy atom. The molecule has 0 heterocycles. The van der Waals surface area contributed by atoms with Gasteiger partial charge >= 0.3 is 5.97 Å². The molecule has 1 atom stereocenters. The number of hydrogen-bond donors (Lipinski definition) is 4. The lowest BCUT2D eigenvalue weighted by Crippen LogP contribution is -2.20. The largest absolute Gasteiger partial charge is 0.480 e. The van der Waals surface area contributed by atoms with Gasteiger partial charge in [0.2, 0.25) is 5.91 Å². The number of amides is 1. The first kappa shape index (κ1) is 19.8. The average molecular weight is 360 g/mol. The number of benzene rings is 1. The van der Waals surface area contributed by atoms with Gasteiger partial charge in [-0.2, -0.15) is 0 Å². The minimum atomic E-state index is -1.22. The van der Waals surface area contributed by atoms with Crippen LogP contribution in [-0.4, -0.2) is 63.8 Å². The molecule has 0 bridgehead atoms. The van der Waals surface area contributed by atoms with Gasteiger partial charge < -0.3 is 25.4 Å². The lowest BCUT2D eigenvalue weighted by Gasteiger charge is -2.09. The fraction of sp³-hybridized carbons (Fsp3) is 0.385. The number of ether oxygens (including phenoxy) is 1. The van der Waals surface area contributed by atoms with Crippen LogP contribution in [0.4, 0.5) is 11.4 Å². The molecule has 1 unspecified atom stereocenters. The third-order valence-corrected chi connectivity index (χ3v) is 3.62. The van der Waals surface area contributed by atoms with Crippen LogP contribution >= 0.6 is 11.8 Å². The number of carboxylic acid groups (broad SMARTS) is 1. The van der Waals surface area contributed by atoms with Crippen molar-refractivity contribution in [3.05, 3.63) is 28.3 Å². The number of hydrogen-bond acceptors (Lipinski definition) is 8. The second-order valence-electron chi connectivity index (χ2n) is 4.55. The number of nitrogens with zero attached hydrogens (tertiary/aromatic N) is 1. The highest BCUT2D eigenvalue weighted by atomic mass is 32.2. The number of aliphatic hydroxyl groups excluding tert-OH is 2. The van der Waals surface area contributed by atoms with Crippen molar-refractivity contribution in [2.24, 2.45) is 0 Å². The molecule has 0 spiro atoms. The van der Waals surface area contributed by atoms with E-state index in [-0.39, 0.29) is 17.1 Å². The van der Waals surface area contributed by atoms with E-state index >= 15 is 0 Å². The molecule has 0 fully saturated rings. The number of aliphatic carboxylic acids is 1. The van der Waals surface area contributed by atoms with Crippen LogP contribution in [-0.2, 0) is 14.3 Å². The molecule has 11 heteroatoms. The van der Waals surface area contributed by atoms with Crippen LogP contribution in [0.3, 0.4) is 0 Å². The van der Waals surface area contributed by atoms with Crippen molar-refractivity contribution in [1.82, 2.24) is 0 Å². The molecular weight excluding hydrogens is 344 g/mol. The maximum atomic E-state index is 11.6. The summed E-state index contributed by atoms with van der Waals surface area (Å²) in [6.45, 7) is -1.59. The van der Waals surface area contributed by atoms with E-state index in [0.29, 0.717) is 4.90 Å². The van der Waals surface area contributed by atoms with Gasteiger partial charge in [-0.25, -0.2) is 4.79 Å². The Kier molecular flexibility index (Phi) is 8.12. The molecule has 0 saturated heterocycles. The minimum Gasteiger partial charge on any atom is -0.480 e. The number of anilines is 1. The number of nitrogens with one attached hydrogen (secondary N) is 1. The number of thioether (sulfide) groups is 1.